The van der Waals surface area contributed by atoms with E-state index in [4.69, 9.17) is 0 Å². The monoisotopic (exact) mass is 287 g/mol. The van der Waals surface area contributed by atoms with Crippen molar-refractivity contribution in [3.8, 4) is 0 Å². The van der Waals surface area contributed by atoms with Gasteiger partial charge in [0.15, 0.2) is 0 Å². The molecule has 3 heteroatoms. The highest BCUT2D eigenvalue weighted by molar-refractivity contribution is 5.09. The lowest BCUT2D eigenvalue weighted by atomic mass is 9.78. The summed E-state index contributed by atoms with van der Waals surface area (Å²) in [5.41, 5.74) is 2.30. The normalized spacial score (nSPS) is 29.4. The number of aromatic nitrogens is 1. The first-order chi connectivity index (χ1) is 10.2. The van der Waals surface area contributed by atoms with E-state index >= 15 is 0 Å². The summed E-state index contributed by atoms with van der Waals surface area (Å²) < 4.78 is 0. The van der Waals surface area contributed by atoms with E-state index in [9.17, 15) is 0 Å². The predicted octanol–water partition coefficient (Wildman–Crippen LogP) is 3.13. The fourth-order valence-electron chi connectivity index (χ4n) is 4.12. The Kier molecular flexibility index (Phi) is 4.91. The van der Waals surface area contributed by atoms with Gasteiger partial charge in [-0.25, -0.2) is 0 Å². The van der Waals surface area contributed by atoms with E-state index in [0.29, 0.717) is 6.04 Å². The van der Waals surface area contributed by atoms with Gasteiger partial charge in [0.05, 0.1) is 5.69 Å². The number of nitrogens with one attached hydrogen (secondary N) is 1. The molecule has 0 amide bonds. The van der Waals surface area contributed by atoms with Crippen LogP contribution in [-0.4, -0.2) is 35.6 Å². The highest BCUT2D eigenvalue weighted by Gasteiger charge is 2.31. The van der Waals surface area contributed by atoms with Crippen molar-refractivity contribution in [3.63, 3.8) is 0 Å². The van der Waals surface area contributed by atoms with Gasteiger partial charge in [0.25, 0.3) is 0 Å². The fourth-order valence-corrected chi connectivity index (χ4v) is 4.12. The van der Waals surface area contributed by atoms with Gasteiger partial charge in [-0.3, -0.25) is 9.88 Å². The van der Waals surface area contributed by atoms with Crippen LogP contribution in [0.15, 0.2) is 18.2 Å². The van der Waals surface area contributed by atoms with E-state index in [1.807, 2.05) is 0 Å². The average molecular weight is 287 g/mol. The first-order valence-electron chi connectivity index (χ1n) is 8.58. The maximum absolute atomic E-state index is 4.61. The minimum Gasteiger partial charge on any atom is -0.310 e. The van der Waals surface area contributed by atoms with Gasteiger partial charge in [0, 0.05) is 30.9 Å². The summed E-state index contributed by atoms with van der Waals surface area (Å²) in [5, 5.41) is 3.92. The van der Waals surface area contributed by atoms with Crippen LogP contribution in [0.1, 0.15) is 49.9 Å². The number of nitrogens with zero attached hydrogens (tertiary/aromatic N) is 2. The molecule has 2 aliphatic rings. The summed E-state index contributed by atoms with van der Waals surface area (Å²) in [6.07, 6.45) is 8.49. The van der Waals surface area contributed by atoms with Crippen molar-refractivity contribution in [2.24, 2.45) is 5.92 Å². The van der Waals surface area contributed by atoms with Crippen LogP contribution in [0.4, 0.5) is 0 Å². The van der Waals surface area contributed by atoms with Crippen LogP contribution in [0.5, 0.6) is 0 Å². The van der Waals surface area contributed by atoms with Crippen LogP contribution in [0.3, 0.4) is 0 Å². The topological polar surface area (TPSA) is 28.2 Å². The number of pyridine rings is 1. The van der Waals surface area contributed by atoms with Crippen LogP contribution in [0.2, 0.25) is 0 Å². The lowest BCUT2D eigenvalue weighted by Crippen LogP contribution is -2.52. The molecule has 1 aliphatic heterocycles. The first-order valence-corrected chi connectivity index (χ1v) is 8.58. The largest absolute Gasteiger partial charge is 0.310 e. The van der Waals surface area contributed by atoms with Crippen LogP contribution >= 0.6 is 0 Å². The summed E-state index contributed by atoms with van der Waals surface area (Å²) in [4.78, 5) is 7.03. The van der Waals surface area contributed by atoms with E-state index in [0.717, 1.165) is 30.7 Å². The third kappa shape index (κ3) is 4.04. The van der Waals surface area contributed by atoms with Crippen molar-refractivity contribution in [2.75, 3.05) is 13.6 Å². The van der Waals surface area contributed by atoms with Crippen molar-refractivity contribution < 1.29 is 0 Å². The quantitative estimate of drug-likeness (QED) is 0.922. The fraction of sp³-hybridized carbons (Fsp3) is 0.722. The molecule has 3 unspecified atom stereocenters. The molecule has 3 atom stereocenters. The van der Waals surface area contributed by atoms with Crippen LogP contribution in [0.25, 0.3) is 0 Å². The van der Waals surface area contributed by atoms with Gasteiger partial charge in [-0.05, 0) is 57.7 Å². The molecule has 3 nitrogen and oxygen atoms in total. The second-order valence-electron chi connectivity index (χ2n) is 7.06. The van der Waals surface area contributed by atoms with Gasteiger partial charge in [-0.2, -0.15) is 0 Å². The Hall–Kier alpha value is -0.930. The Bertz CT molecular complexity index is 460. The SMILES string of the molecule is Cc1cccc(CN(C)CC2CCC3CCCCC3N2)n1. The second-order valence-corrected chi connectivity index (χ2v) is 7.06. The molecular formula is C18H29N3. The highest BCUT2D eigenvalue weighted by atomic mass is 15.1. The molecule has 1 N–H and O–H groups in total. The van der Waals surface area contributed by atoms with Crippen molar-refractivity contribution in [3.05, 3.63) is 29.6 Å². The Morgan fingerprint density at radius 3 is 2.90 bits per heavy atom. The third-order valence-electron chi connectivity index (χ3n) is 5.15. The van der Waals surface area contributed by atoms with E-state index in [-0.39, 0.29) is 0 Å². The molecule has 0 bridgehead atoms. The number of rotatable bonds is 4. The Balaban J connectivity index is 1.49. The van der Waals surface area contributed by atoms with E-state index in [1.165, 1.54) is 44.2 Å². The van der Waals surface area contributed by atoms with Gasteiger partial charge >= 0.3 is 0 Å². The molecule has 1 aromatic heterocycles. The molecule has 116 valence electrons. The molecule has 2 fully saturated rings. The lowest BCUT2D eigenvalue weighted by molar-refractivity contribution is 0.150. The summed E-state index contributed by atoms with van der Waals surface area (Å²) >= 11 is 0. The zero-order valence-electron chi connectivity index (χ0n) is 13.5. The highest BCUT2D eigenvalue weighted by Crippen LogP contribution is 2.32. The number of hydrogen-bond acceptors (Lipinski definition) is 3. The van der Waals surface area contributed by atoms with E-state index in [2.05, 4.69) is 47.4 Å². The Labute approximate surface area is 129 Å². The number of likely N-dealkylation sites (N-methyl/N-ethyl adjacent to an activating group) is 1. The van der Waals surface area contributed by atoms with E-state index < -0.39 is 0 Å². The number of hydrogen-bond donors (Lipinski definition) is 1. The molecule has 1 aliphatic carbocycles. The third-order valence-corrected chi connectivity index (χ3v) is 5.15. The summed E-state index contributed by atoms with van der Waals surface area (Å²) in [5.74, 6) is 0.957. The zero-order chi connectivity index (χ0) is 14.7. The van der Waals surface area contributed by atoms with Gasteiger partial charge in [0.2, 0.25) is 0 Å². The Morgan fingerprint density at radius 2 is 2.05 bits per heavy atom. The first kappa shape index (κ1) is 15.0. The maximum atomic E-state index is 4.61. The standard InChI is InChI=1S/C18H29N3/c1-14-6-5-8-16(19-14)12-21(2)13-17-11-10-15-7-3-4-9-18(15)20-17/h5-6,8,15,17-18,20H,3-4,7,9-13H2,1-2H3. The molecule has 1 aromatic rings. The lowest BCUT2D eigenvalue weighted by Gasteiger charge is -2.41. The number of aryl methyl sites for hydroxylation is 1. The molecule has 1 saturated heterocycles. The van der Waals surface area contributed by atoms with Crippen LogP contribution < -0.4 is 5.32 Å². The molecule has 3 rings (SSSR count). The minimum absolute atomic E-state index is 0.666. The Morgan fingerprint density at radius 1 is 1.19 bits per heavy atom. The number of piperidine rings is 1. The minimum atomic E-state index is 0.666. The van der Waals surface area contributed by atoms with Crippen molar-refractivity contribution in [1.82, 2.24) is 15.2 Å². The van der Waals surface area contributed by atoms with E-state index in [1.54, 1.807) is 0 Å². The number of fused-ring (bicyclic) bond motifs is 1. The van der Waals surface area contributed by atoms with Crippen LogP contribution in [0, 0.1) is 12.8 Å². The molecule has 0 spiro atoms. The van der Waals surface area contributed by atoms with Crippen LogP contribution in [-0.2, 0) is 6.54 Å². The van der Waals surface area contributed by atoms with Crippen molar-refractivity contribution in [1.29, 1.82) is 0 Å². The predicted molar refractivity (Wildman–Crippen MR) is 87.2 cm³/mol. The summed E-state index contributed by atoms with van der Waals surface area (Å²) in [6.45, 7) is 4.15. The molecule has 2 heterocycles. The molecule has 21 heavy (non-hydrogen) atoms. The molecule has 0 radical (unpaired) electrons. The van der Waals surface area contributed by atoms with Gasteiger partial charge in [-0.15, -0.1) is 0 Å². The average Bonchev–Trinajstić information content (AvgIpc) is 2.47. The molecule has 1 saturated carbocycles. The smallest absolute Gasteiger partial charge is 0.0547 e. The van der Waals surface area contributed by atoms with Crippen molar-refractivity contribution in [2.45, 2.75) is 64.1 Å². The molecular weight excluding hydrogens is 258 g/mol. The van der Waals surface area contributed by atoms with Gasteiger partial charge < -0.3 is 5.32 Å². The van der Waals surface area contributed by atoms with Gasteiger partial charge in [0.1, 0.15) is 0 Å². The van der Waals surface area contributed by atoms with Gasteiger partial charge in [-0.1, -0.05) is 18.9 Å². The second kappa shape index (κ2) is 6.89. The zero-order valence-corrected chi connectivity index (χ0v) is 13.5. The van der Waals surface area contributed by atoms with Crippen molar-refractivity contribution >= 4 is 0 Å². The molecule has 0 aromatic carbocycles. The maximum Gasteiger partial charge on any atom is 0.0547 e. The summed E-state index contributed by atoms with van der Waals surface area (Å²) in [7, 11) is 2.22. The summed E-state index contributed by atoms with van der Waals surface area (Å²) in [6, 6.07) is 7.77.